The number of ether oxygens (including phenoxy) is 4. The quantitative estimate of drug-likeness (QED) is 0.0246. The summed E-state index contributed by atoms with van der Waals surface area (Å²) in [4.78, 5) is 134. The number of fused-ring (bicyclic) bond motifs is 2. The molecule has 0 aliphatic carbocycles. The first-order valence-corrected chi connectivity index (χ1v) is 37.4. The molecule has 2 aromatic heterocycles. The number of aliphatic carboxylic acids is 1. The predicted molar refractivity (Wildman–Crippen MR) is 413 cm³/mol. The van der Waals surface area contributed by atoms with Crippen LogP contribution in [0.2, 0.25) is 0 Å². The molecule has 4 aromatic rings. The zero-order valence-electron chi connectivity index (χ0n) is 67.2. The number of alkyl carbamates (subject to hydrolysis) is 2. The molecule has 4 heterocycles. The molecule has 6 rings (SSSR count). The third kappa shape index (κ3) is 28.0. The minimum atomic E-state index is -1.18. The van der Waals surface area contributed by atoms with Crippen LogP contribution in [0.15, 0.2) is 60.7 Å². The van der Waals surface area contributed by atoms with Gasteiger partial charge in [-0.2, -0.15) is 0 Å². The molecule has 592 valence electrons. The Balaban J connectivity index is 0.000000363. The number of hydrogen-bond acceptors (Lipinski definition) is 19. The van der Waals surface area contributed by atoms with Gasteiger partial charge < -0.3 is 50.6 Å². The fourth-order valence-corrected chi connectivity index (χ4v) is 11.9. The molecule has 2 aliphatic heterocycles. The number of nitrogens with one attached hydrogen (secondary N) is 8. The second-order valence-electron chi connectivity index (χ2n) is 32.0. The minimum absolute atomic E-state index is 0.142. The molecular weight excluding hydrogens is 1390 g/mol. The number of pyridine rings is 2. The number of aryl methyl sites for hydroxylation is 2. The van der Waals surface area contributed by atoms with E-state index in [1.807, 2.05) is 123 Å². The largest absolute Gasteiger partial charge is 0.480 e. The summed E-state index contributed by atoms with van der Waals surface area (Å²) in [6, 6.07) is 10.3. The number of hydrazine groups is 2. The summed E-state index contributed by atoms with van der Waals surface area (Å²) < 4.78 is 35.5. The first kappa shape index (κ1) is 90.5. The summed E-state index contributed by atoms with van der Waals surface area (Å²) >= 11 is 0. The summed E-state index contributed by atoms with van der Waals surface area (Å²) in [5.41, 5.74) is 9.76. The molecule has 9 N–H and O–H groups in total. The number of aromatic nitrogens is 2. The molecule has 107 heavy (non-hydrogen) atoms. The highest BCUT2D eigenvalue weighted by molar-refractivity contribution is 7.84. The Morgan fingerprint density at radius 1 is 0.542 bits per heavy atom. The SMILES string of the molecule is CC(C)[C@H](NC(=O)OC(C)(C)C)C(=O)N[C@@H](C)C(=O)N1CCC[C@@H](C(=O)O)N1.COC(=O)C(C)(C)/C=C/c1ccc2cc(C)c([C@@H](C)NC(=O)[C@@H]3CCCN(C(=O)[C@H](C)NC(=O)[C@@H](NC(=O)OC(C)(C)C)C(C)C)N3)nc2c1.COC(=O)C(C)(C)/C=C/c1ccc2cc(C)c([C@@H](C)N[S@](=O)C(C)(C)C)nc2c1. The molecule has 2 saturated heterocycles. The number of esters is 2. The van der Waals surface area contributed by atoms with Crippen molar-refractivity contribution in [1.82, 2.24) is 62.1 Å². The van der Waals surface area contributed by atoms with Gasteiger partial charge in [0.15, 0.2) is 0 Å². The molecule has 28 nitrogen and oxygen atoms in total. The van der Waals surface area contributed by atoms with Gasteiger partial charge in [-0.05, 0) is 216 Å². The number of rotatable bonds is 23. The Morgan fingerprint density at radius 2 is 0.916 bits per heavy atom. The maximum atomic E-state index is 13.4. The van der Waals surface area contributed by atoms with Crippen molar-refractivity contribution in [2.75, 3.05) is 27.3 Å². The lowest BCUT2D eigenvalue weighted by molar-refractivity contribution is -0.149. The highest BCUT2D eigenvalue weighted by atomic mass is 32.2. The second-order valence-corrected chi connectivity index (χ2v) is 34.0. The van der Waals surface area contributed by atoms with Crippen LogP contribution in [-0.4, -0.2) is 168 Å². The molecular formula is C78H118N12O16S. The van der Waals surface area contributed by atoms with Crippen LogP contribution >= 0.6 is 0 Å². The number of benzene rings is 2. The molecule has 0 bridgehead atoms. The third-order valence-electron chi connectivity index (χ3n) is 17.2. The van der Waals surface area contributed by atoms with Crippen molar-refractivity contribution in [2.24, 2.45) is 22.7 Å². The molecule has 7 amide bonds. The van der Waals surface area contributed by atoms with Crippen LogP contribution < -0.4 is 42.2 Å². The molecule has 2 aliphatic rings. The Kier molecular flexibility index (Phi) is 32.8. The van der Waals surface area contributed by atoms with Crippen molar-refractivity contribution < 1.29 is 76.2 Å². The van der Waals surface area contributed by atoms with E-state index in [9.17, 15) is 52.2 Å². The van der Waals surface area contributed by atoms with E-state index in [-0.39, 0.29) is 40.5 Å². The molecule has 9 atom stereocenters. The van der Waals surface area contributed by atoms with Crippen LogP contribution in [0.4, 0.5) is 9.59 Å². The lowest BCUT2D eigenvalue weighted by atomic mass is 9.92. The Bertz CT molecular complexity index is 3930. The zero-order valence-corrected chi connectivity index (χ0v) is 68.0. The number of carboxylic acids is 1. The van der Waals surface area contributed by atoms with Gasteiger partial charge in [-0.25, -0.2) is 29.4 Å². The van der Waals surface area contributed by atoms with E-state index in [4.69, 9.17) is 34.0 Å². The lowest BCUT2D eigenvalue weighted by Gasteiger charge is -2.35. The molecule has 29 heteroatoms. The number of hydrogen-bond donors (Lipinski definition) is 9. The number of nitrogens with zero attached hydrogens (tertiary/aromatic N) is 4. The number of carbonyl (C=O) groups is 10. The first-order chi connectivity index (χ1) is 49.4. The number of carbonyl (C=O) groups excluding carboxylic acids is 9. The summed E-state index contributed by atoms with van der Waals surface area (Å²) in [5, 5.41) is 27.1. The van der Waals surface area contributed by atoms with Gasteiger partial charge in [0.25, 0.3) is 11.8 Å². The number of amides is 7. The van der Waals surface area contributed by atoms with Crippen molar-refractivity contribution in [1.29, 1.82) is 0 Å². The Hall–Kier alpha value is -8.93. The maximum absolute atomic E-state index is 13.4. The van der Waals surface area contributed by atoms with Gasteiger partial charge in [-0.1, -0.05) is 76.3 Å². The van der Waals surface area contributed by atoms with Gasteiger partial charge in [-0.15, -0.1) is 0 Å². The highest BCUT2D eigenvalue weighted by Crippen LogP contribution is 2.29. The molecule has 2 fully saturated rings. The first-order valence-electron chi connectivity index (χ1n) is 36.2. The fourth-order valence-electron chi connectivity index (χ4n) is 11.1. The summed E-state index contributed by atoms with van der Waals surface area (Å²) in [7, 11) is 1.58. The van der Waals surface area contributed by atoms with Crippen LogP contribution in [0.5, 0.6) is 0 Å². The van der Waals surface area contributed by atoms with Gasteiger partial charge in [0.05, 0.1) is 75.3 Å². The van der Waals surface area contributed by atoms with Gasteiger partial charge in [-0.3, -0.25) is 58.3 Å². The second kappa shape index (κ2) is 38.7. The highest BCUT2D eigenvalue weighted by Gasteiger charge is 2.37. The van der Waals surface area contributed by atoms with E-state index in [1.165, 1.54) is 31.2 Å². The average Bonchev–Trinajstić information content (AvgIpc) is 0.802. The molecule has 0 radical (unpaired) electrons. The van der Waals surface area contributed by atoms with Crippen molar-refractivity contribution >= 4 is 105 Å². The van der Waals surface area contributed by atoms with E-state index >= 15 is 0 Å². The summed E-state index contributed by atoms with van der Waals surface area (Å²) in [5.74, 6) is -4.32. The predicted octanol–water partition coefficient (Wildman–Crippen LogP) is 9.97. The normalized spacial score (nSPS) is 17.2. The van der Waals surface area contributed by atoms with Gasteiger partial charge in [0, 0.05) is 23.9 Å². The monoisotopic (exact) mass is 1510 g/mol. The molecule has 2 aromatic carbocycles. The number of carboxylic acid groups (broad SMARTS) is 1. The van der Waals surface area contributed by atoms with Crippen molar-refractivity contribution in [2.45, 2.75) is 249 Å². The lowest BCUT2D eigenvalue weighted by Crippen LogP contribution is -2.62. The van der Waals surface area contributed by atoms with Crippen LogP contribution in [-0.2, 0) is 68.3 Å². The van der Waals surface area contributed by atoms with Crippen LogP contribution in [0, 0.1) is 36.5 Å². The molecule has 0 unspecified atom stereocenters. The topological polar surface area (TPSA) is 373 Å². The fraction of sp³-hybridized carbons (Fsp3) is 0.590. The standard InChI is InChI=1S/C37H54N6O7.C23H32N2O3S.C18H32N4O6/c1-21(2)29(41-35(48)50-36(6,7)8)32(45)39-24(5)33(46)43-18-12-13-27(42-43)31(44)38-23(4)30-22(3)19-26-15-14-25(20-28(26)40-30)16-17-37(9,10)34(47)49-11;1-15-13-18-10-9-17(11-12-23(6,7)21(26)28-8)14-19(18)24-20(15)16(2)25-29(27)22(3,4)5;1-10(2)13(20-17(27)28-18(4,5)6)14(23)19-11(3)15(24)22-9-7-8-12(21-22)16(25)26/h14-17,19-21,23-24,27,29,42H,12-13,18H2,1-11H3,(H,38,44)(H,39,45)(H,41,48);9-14,16,25H,1-8H3;10-13,21H,7-9H2,1-6H3,(H,19,23)(H,20,27)(H,25,26)/b17-16+;12-11+;/t23-,24+,27+,29+;16-,29-;11-,12-,13-/m110/s1. The zero-order chi connectivity index (χ0) is 81.2. The minimum Gasteiger partial charge on any atom is -0.480 e. The van der Waals surface area contributed by atoms with Gasteiger partial charge in [0.1, 0.15) is 47.5 Å². The average molecular weight is 1510 g/mol. The number of methoxy groups -OCH3 is 2. The van der Waals surface area contributed by atoms with E-state index < -0.39 is 117 Å². The van der Waals surface area contributed by atoms with Crippen molar-refractivity contribution in [3.8, 4) is 0 Å². The van der Waals surface area contributed by atoms with E-state index in [1.54, 1.807) is 96.1 Å². The van der Waals surface area contributed by atoms with E-state index in [2.05, 4.69) is 48.2 Å². The third-order valence-corrected chi connectivity index (χ3v) is 18.9. The summed E-state index contributed by atoms with van der Waals surface area (Å²) in [6.45, 7) is 42.0. The molecule has 0 saturated carbocycles. The van der Waals surface area contributed by atoms with Crippen molar-refractivity contribution in [3.63, 3.8) is 0 Å². The smallest absolute Gasteiger partial charge is 0.408 e. The molecule has 0 spiro atoms. The van der Waals surface area contributed by atoms with Crippen molar-refractivity contribution in [3.05, 3.63) is 94.3 Å². The van der Waals surface area contributed by atoms with Crippen LogP contribution in [0.25, 0.3) is 34.0 Å². The van der Waals surface area contributed by atoms with E-state index in [0.717, 1.165) is 49.8 Å². The maximum Gasteiger partial charge on any atom is 0.408 e. The van der Waals surface area contributed by atoms with Gasteiger partial charge >= 0.3 is 30.1 Å². The Morgan fingerprint density at radius 3 is 1.27 bits per heavy atom. The Labute approximate surface area is 633 Å². The summed E-state index contributed by atoms with van der Waals surface area (Å²) in [6.07, 6.45) is 8.03. The van der Waals surface area contributed by atoms with E-state index in [0.29, 0.717) is 44.5 Å². The van der Waals surface area contributed by atoms with Crippen LogP contribution in [0.1, 0.15) is 217 Å². The van der Waals surface area contributed by atoms with Crippen LogP contribution in [0.3, 0.4) is 0 Å². The van der Waals surface area contributed by atoms with Gasteiger partial charge in [0.2, 0.25) is 17.7 Å².